The number of carbonyl (C=O) groups excluding carboxylic acids is 1. The van der Waals surface area contributed by atoms with Gasteiger partial charge in [0.1, 0.15) is 12.4 Å². The van der Waals surface area contributed by atoms with Crippen LogP contribution in [-0.2, 0) is 11.3 Å². The summed E-state index contributed by atoms with van der Waals surface area (Å²) in [4.78, 5) is 25.0. The minimum Gasteiger partial charge on any atom is -0.479 e. The van der Waals surface area contributed by atoms with Crippen LogP contribution >= 0.6 is 0 Å². The van der Waals surface area contributed by atoms with Crippen molar-refractivity contribution in [1.29, 1.82) is 0 Å². The second-order valence-electron chi connectivity index (χ2n) is 6.49. The van der Waals surface area contributed by atoms with E-state index in [-0.39, 0.29) is 29.7 Å². The number of ether oxygens (including phenoxy) is 2. The van der Waals surface area contributed by atoms with E-state index in [1.54, 1.807) is 31.2 Å². The van der Waals surface area contributed by atoms with Crippen molar-refractivity contribution in [2.75, 3.05) is 39.4 Å². The van der Waals surface area contributed by atoms with Gasteiger partial charge in [0.15, 0.2) is 11.5 Å². The fourth-order valence-electron chi connectivity index (χ4n) is 2.86. The van der Waals surface area contributed by atoms with Gasteiger partial charge in [-0.05, 0) is 30.7 Å². The lowest BCUT2D eigenvalue weighted by atomic mass is 10.2. The highest BCUT2D eigenvalue weighted by Crippen LogP contribution is 2.28. The topological polar surface area (TPSA) is 107 Å². The standard InChI is InChI=1S/C19H23N3O6/c1-14-2-4-17(16(12-14)22(24)25)27-13-15-3-5-18(28-15)19(23)20-6-7-21-8-10-26-11-9-21/h2-5,12H,6-11,13H2,1H3,(H,20,23). The summed E-state index contributed by atoms with van der Waals surface area (Å²) in [6.07, 6.45) is 0. The molecule has 0 atom stereocenters. The molecule has 1 amide bonds. The van der Waals surface area contributed by atoms with Crippen LogP contribution in [0.15, 0.2) is 34.7 Å². The predicted molar refractivity (Wildman–Crippen MR) is 100 cm³/mol. The minimum absolute atomic E-state index is 0.00897. The zero-order valence-electron chi connectivity index (χ0n) is 15.7. The quantitative estimate of drug-likeness (QED) is 0.544. The Morgan fingerprint density at radius 3 is 2.82 bits per heavy atom. The Kier molecular flexibility index (Phi) is 6.62. The van der Waals surface area contributed by atoms with Gasteiger partial charge in [-0.1, -0.05) is 6.07 Å². The molecule has 150 valence electrons. The lowest BCUT2D eigenvalue weighted by molar-refractivity contribution is -0.386. The van der Waals surface area contributed by atoms with Crippen LogP contribution < -0.4 is 10.1 Å². The zero-order valence-corrected chi connectivity index (χ0v) is 15.7. The fourth-order valence-corrected chi connectivity index (χ4v) is 2.86. The summed E-state index contributed by atoms with van der Waals surface area (Å²) in [6.45, 7) is 6.19. The average Bonchev–Trinajstić information content (AvgIpc) is 3.17. The van der Waals surface area contributed by atoms with Crippen molar-refractivity contribution >= 4 is 11.6 Å². The van der Waals surface area contributed by atoms with Crippen LogP contribution in [0.2, 0.25) is 0 Å². The number of rotatable bonds is 8. The Morgan fingerprint density at radius 1 is 1.29 bits per heavy atom. The molecule has 9 nitrogen and oxygen atoms in total. The molecule has 1 aromatic carbocycles. The molecule has 1 N–H and O–H groups in total. The number of amides is 1. The van der Waals surface area contributed by atoms with E-state index in [4.69, 9.17) is 13.9 Å². The van der Waals surface area contributed by atoms with Crippen LogP contribution in [0, 0.1) is 17.0 Å². The summed E-state index contributed by atoms with van der Waals surface area (Å²) in [7, 11) is 0. The van der Waals surface area contributed by atoms with Gasteiger partial charge in [0, 0.05) is 32.2 Å². The molecule has 1 aromatic heterocycles. The maximum Gasteiger partial charge on any atom is 0.311 e. The lowest BCUT2D eigenvalue weighted by Gasteiger charge is -2.26. The van der Waals surface area contributed by atoms with Crippen molar-refractivity contribution in [2.45, 2.75) is 13.5 Å². The predicted octanol–water partition coefficient (Wildman–Crippen LogP) is 2.14. The molecule has 1 fully saturated rings. The molecule has 3 rings (SSSR count). The monoisotopic (exact) mass is 389 g/mol. The highest BCUT2D eigenvalue weighted by molar-refractivity contribution is 5.91. The molecule has 9 heteroatoms. The molecule has 0 radical (unpaired) electrons. The highest BCUT2D eigenvalue weighted by Gasteiger charge is 2.17. The highest BCUT2D eigenvalue weighted by atomic mass is 16.6. The van der Waals surface area contributed by atoms with Crippen molar-refractivity contribution in [3.8, 4) is 5.75 Å². The summed E-state index contributed by atoms with van der Waals surface area (Å²) in [5.41, 5.74) is 0.667. The van der Waals surface area contributed by atoms with Gasteiger partial charge < -0.3 is 19.2 Å². The van der Waals surface area contributed by atoms with Gasteiger partial charge in [0.05, 0.1) is 18.1 Å². The van der Waals surface area contributed by atoms with Crippen LogP contribution in [-0.4, -0.2) is 55.1 Å². The van der Waals surface area contributed by atoms with Crippen LogP contribution in [0.25, 0.3) is 0 Å². The number of morpholine rings is 1. The van der Waals surface area contributed by atoms with Gasteiger partial charge in [0.25, 0.3) is 5.91 Å². The number of nitro groups is 1. The molecular weight excluding hydrogens is 366 g/mol. The number of aryl methyl sites for hydroxylation is 1. The van der Waals surface area contributed by atoms with E-state index in [9.17, 15) is 14.9 Å². The van der Waals surface area contributed by atoms with Crippen molar-refractivity contribution < 1.29 is 23.6 Å². The van der Waals surface area contributed by atoms with Crippen LogP contribution in [0.4, 0.5) is 5.69 Å². The first-order valence-electron chi connectivity index (χ1n) is 9.08. The maximum atomic E-state index is 12.2. The lowest BCUT2D eigenvalue weighted by Crippen LogP contribution is -2.41. The number of hydrogen-bond donors (Lipinski definition) is 1. The van der Waals surface area contributed by atoms with Crippen molar-refractivity contribution in [2.24, 2.45) is 0 Å². The van der Waals surface area contributed by atoms with E-state index < -0.39 is 4.92 Å². The normalized spacial score (nSPS) is 14.6. The summed E-state index contributed by atoms with van der Waals surface area (Å²) in [5, 5.41) is 14.0. The molecule has 2 aromatic rings. The Hall–Kier alpha value is -2.91. The first-order valence-corrected chi connectivity index (χ1v) is 9.08. The molecule has 2 heterocycles. The third-order valence-corrected chi connectivity index (χ3v) is 4.38. The third kappa shape index (κ3) is 5.30. The molecule has 1 aliphatic rings. The van der Waals surface area contributed by atoms with Crippen LogP contribution in [0.3, 0.4) is 0 Å². The van der Waals surface area contributed by atoms with E-state index in [0.29, 0.717) is 25.5 Å². The average molecular weight is 389 g/mol. The Bertz CT molecular complexity index is 829. The molecule has 0 unspecified atom stereocenters. The number of hydrogen-bond acceptors (Lipinski definition) is 7. The Balaban J connectivity index is 1.50. The Labute approximate surface area is 162 Å². The van der Waals surface area contributed by atoms with Gasteiger partial charge >= 0.3 is 5.69 Å². The molecular formula is C19H23N3O6. The molecule has 1 aliphatic heterocycles. The summed E-state index contributed by atoms with van der Waals surface area (Å²) in [6, 6.07) is 7.92. The summed E-state index contributed by atoms with van der Waals surface area (Å²) < 4.78 is 16.3. The first-order chi connectivity index (χ1) is 13.5. The van der Waals surface area contributed by atoms with E-state index >= 15 is 0 Å². The molecule has 1 saturated heterocycles. The summed E-state index contributed by atoms with van der Waals surface area (Å²) in [5.74, 6) is 0.441. The Morgan fingerprint density at radius 2 is 2.07 bits per heavy atom. The number of carbonyl (C=O) groups is 1. The van der Waals surface area contributed by atoms with Crippen molar-refractivity contribution in [3.63, 3.8) is 0 Å². The minimum atomic E-state index is -0.488. The fraction of sp³-hybridized carbons (Fsp3) is 0.421. The van der Waals surface area contributed by atoms with Gasteiger partial charge in [0.2, 0.25) is 0 Å². The van der Waals surface area contributed by atoms with Gasteiger partial charge in [-0.3, -0.25) is 19.8 Å². The molecule has 0 spiro atoms. The number of benzene rings is 1. The van der Waals surface area contributed by atoms with E-state index in [1.165, 1.54) is 6.07 Å². The molecule has 0 aliphatic carbocycles. The maximum absolute atomic E-state index is 12.2. The number of furan rings is 1. The van der Waals surface area contributed by atoms with Crippen LogP contribution in [0.1, 0.15) is 21.9 Å². The van der Waals surface area contributed by atoms with Crippen molar-refractivity contribution in [1.82, 2.24) is 10.2 Å². The second-order valence-corrected chi connectivity index (χ2v) is 6.49. The molecule has 0 bridgehead atoms. The molecule has 28 heavy (non-hydrogen) atoms. The van der Waals surface area contributed by atoms with E-state index in [1.807, 2.05) is 0 Å². The SMILES string of the molecule is Cc1ccc(OCc2ccc(C(=O)NCCN3CCOCC3)o2)c([N+](=O)[O-])c1. The van der Waals surface area contributed by atoms with E-state index in [0.717, 1.165) is 25.2 Å². The smallest absolute Gasteiger partial charge is 0.311 e. The largest absolute Gasteiger partial charge is 0.479 e. The number of nitrogens with zero attached hydrogens (tertiary/aromatic N) is 2. The second kappa shape index (κ2) is 9.34. The van der Waals surface area contributed by atoms with Gasteiger partial charge in [-0.15, -0.1) is 0 Å². The molecule has 0 saturated carbocycles. The third-order valence-electron chi connectivity index (χ3n) is 4.38. The summed E-state index contributed by atoms with van der Waals surface area (Å²) >= 11 is 0. The van der Waals surface area contributed by atoms with Gasteiger partial charge in [-0.25, -0.2) is 0 Å². The zero-order chi connectivity index (χ0) is 19.9. The van der Waals surface area contributed by atoms with Crippen LogP contribution in [0.5, 0.6) is 5.75 Å². The van der Waals surface area contributed by atoms with Gasteiger partial charge in [-0.2, -0.15) is 0 Å². The van der Waals surface area contributed by atoms with E-state index in [2.05, 4.69) is 10.2 Å². The number of nitro benzene ring substituents is 1. The first kappa shape index (κ1) is 19.8. The van der Waals surface area contributed by atoms with Crippen molar-refractivity contribution in [3.05, 3.63) is 57.5 Å². The number of nitrogens with one attached hydrogen (secondary N) is 1.